The summed E-state index contributed by atoms with van der Waals surface area (Å²) in [5, 5.41) is 0. The molecule has 1 aromatic rings. The van der Waals surface area contributed by atoms with E-state index in [1.54, 1.807) is 0 Å². The van der Waals surface area contributed by atoms with Crippen LogP contribution in [-0.2, 0) is 15.8 Å². The molecule has 1 rings (SSSR count). The summed E-state index contributed by atoms with van der Waals surface area (Å²) in [5.74, 6) is -3.21. The standard InChI is InChI=1S/C10H13F2NO2S/c1-16(14,15)9-5-3-2-4-8(9)10(11,12)6-7-13/h2-5H,6-7,13H2,1H3. The van der Waals surface area contributed by atoms with Gasteiger partial charge in [0.25, 0.3) is 5.92 Å². The molecule has 0 radical (unpaired) electrons. The van der Waals surface area contributed by atoms with Gasteiger partial charge in [-0.25, -0.2) is 17.2 Å². The minimum absolute atomic E-state index is 0.203. The first kappa shape index (κ1) is 13.1. The minimum Gasteiger partial charge on any atom is -0.330 e. The lowest BCUT2D eigenvalue weighted by Gasteiger charge is -2.18. The molecule has 3 nitrogen and oxygen atoms in total. The third-order valence-corrected chi connectivity index (χ3v) is 3.29. The lowest BCUT2D eigenvalue weighted by atomic mass is 10.1. The van der Waals surface area contributed by atoms with E-state index in [0.717, 1.165) is 12.3 Å². The largest absolute Gasteiger partial charge is 0.330 e. The van der Waals surface area contributed by atoms with E-state index in [1.807, 2.05) is 0 Å². The molecule has 0 aliphatic carbocycles. The van der Waals surface area contributed by atoms with E-state index in [0.29, 0.717) is 0 Å². The van der Waals surface area contributed by atoms with Crippen molar-refractivity contribution in [2.75, 3.05) is 12.8 Å². The lowest BCUT2D eigenvalue weighted by molar-refractivity contribution is -0.0135. The number of nitrogens with two attached hydrogens (primary N) is 1. The summed E-state index contributed by atoms with van der Waals surface area (Å²) < 4.78 is 49.9. The highest BCUT2D eigenvalue weighted by Gasteiger charge is 2.34. The van der Waals surface area contributed by atoms with E-state index in [1.165, 1.54) is 18.2 Å². The summed E-state index contributed by atoms with van der Waals surface area (Å²) >= 11 is 0. The van der Waals surface area contributed by atoms with Gasteiger partial charge in [0, 0.05) is 18.2 Å². The van der Waals surface area contributed by atoms with Crippen LogP contribution < -0.4 is 5.73 Å². The fourth-order valence-corrected chi connectivity index (χ4v) is 2.35. The average molecular weight is 249 g/mol. The number of sulfone groups is 1. The highest BCUT2D eigenvalue weighted by atomic mass is 32.2. The van der Waals surface area contributed by atoms with Gasteiger partial charge in [-0.3, -0.25) is 0 Å². The number of benzene rings is 1. The molecule has 0 spiro atoms. The van der Waals surface area contributed by atoms with Crippen LogP contribution >= 0.6 is 0 Å². The van der Waals surface area contributed by atoms with Crippen LogP contribution in [0.15, 0.2) is 29.2 Å². The van der Waals surface area contributed by atoms with Crippen molar-refractivity contribution in [2.24, 2.45) is 5.73 Å². The summed E-state index contributed by atoms with van der Waals surface area (Å²) in [6.45, 7) is -0.203. The summed E-state index contributed by atoms with van der Waals surface area (Å²) in [6.07, 6.45) is 0.337. The monoisotopic (exact) mass is 249 g/mol. The van der Waals surface area contributed by atoms with Crippen LogP contribution in [0.2, 0.25) is 0 Å². The summed E-state index contributed by atoms with van der Waals surface area (Å²) in [4.78, 5) is -0.339. The van der Waals surface area contributed by atoms with Crippen molar-refractivity contribution in [1.82, 2.24) is 0 Å². The van der Waals surface area contributed by atoms with Crippen molar-refractivity contribution in [1.29, 1.82) is 0 Å². The van der Waals surface area contributed by atoms with Crippen molar-refractivity contribution in [3.63, 3.8) is 0 Å². The van der Waals surface area contributed by atoms with Gasteiger partial charge in [0.1, 0.15) is 0 Å². The topological polar surface area (TPSA) is 60.2 Å². The average Bonchev–Trinajstić information content (AvgIpc) is 2.16. The van der Waals surface area contributed by atoms with Crippen LogP contribution in [0.3, 0.4) is 0 Å². The molecule has 0 bridgehead atoms. The maximum Gasteiger partial charge on any atom is 0.275 e. The second-order valence-electron chi connectivity index (χ2n) is 3.51. The zero-order valence-electron chi connectivity index (χ0n) is 8.78. The normalized spacial score (nSPS) is 12.8. The molecule has 1 aromatic carbocycles. The Kier molecular flexibility index (Phi) is 3.64. The van der Waals surface area contributed by atoms with E-state index in [9.17, 15) is 17.2 Å². The Bertz CT molecular complexity index is 471. The molecule has 0 saturated carbocycles. The van der Waals surface area contributed by atoms with Gasteiger partial charge < -0.3 is 5.73 Å². The molecule has 0 aliphatic rings. The van der Waals surface area contributed by atoms with Gasteiger partial charge in [-0.05, 0) is 12.6 Å². The molecule has 2 N–H and O–H groups in total. The summed E-state index contributed by atoms with van der Waals surface area (Å²) in [6, 6.07) is 5.09. The Morgan fingerprint density at radius 1 is 1.31 bits per heavy atom. The molecule has 6 heteroatoms. The Labute approximate surface area is 93.2 Å². The summed E-state index contributed by atoms with van der Waals surface area (Å²) in [7, 11) is -3.66. The fourth-order valence-electron chi connectivity index (χ4n) is 1.41. The smallest absolute Gasteiger partial charge is 0.275 e. The van der Waals surface area contributed by atoms with Crippen LogP contribution in [0, 0.1) is 0 Å². The first-order chi connectivity index (χ1) is 7.29. The Morgan fingerprint density at radius 2 is 1.88 bits per heavy atom. The second kappa shape index (κ2) is 4.47. The van der Waals surface area contributed by atoms with Crippen molar-refractivity contribution in [3.05, 3.63) is 29.8 Å². The Morgan fingerprint density at radius 3 is 2.38 bits per heavy atom. The molecule has 0 unspecified atom stereocenters. The van der Waals surface area contributed by atoms with Crippen molar-refractivity contribution >= 4 is 9.84 Å². The molecule has 16 heavy (non-hydrogen) atoms. The highest BCUT2D eigenvalue weighted by Crippen LogP contribution is 2.35. The number of alkyl halides is 2. The Balaban J connectivity index is 3.35. The van der Waals surface area contributed by atoms with E-state index >= 15 is 0 Å². The third-order valence-electron chi connectivity index (χ3n) is 2.14. The minimum atomic E-state index is -3.66. The summed E-state index contributed by atoms with van der Waals surface area (Å²) in [5.41, 5.74) is 4.60. The first-order valence-corrected chi connectivity index (χ1v) is 6.55. The van der Waals surface area contributed by atoms with Crippen molar-refractivity contribution in [3.8, 4) is 0 Å². The fraction of sp³-hybridized carbons (Fsp3) is 0.400. The van der Waals surface area contributed by atoms with Gasteiger partial charge in [-0.15, -0.1) is 0 Å². The van der Waals surface area contributed by atoms with E-state index in [-0.39, 0.29) is 11.4 Å². The predicted molar refractivity (Wildman–Crippen MR) is 57.1 cm³/mol. The molecule has 0 aliphatic heterocycles. The zero-order valence-corrected chi connectivity index (χ0v) is 9.60. The SMILES string of the molecule is CS(=O)(=O)c1ccccc1C(F)(F)CCN. The maximum atomic E-state index is 13.6. The van der Waals surface area contributed by atoms with Crippen LogP contribution in [0.5, 0.6) is 0 Å². The lowest BCUT2D eigenvalue weighted by Crippen LogP contribution is -2.21. The van der Waals surface area contributed by atoms with E-state index in [2.05, 4.69) is 0 Å². The number of hydrogen-bond acceptors (Lipinski definition) is 3. The first-order valence-electron chi connectivity index (χ1n) is 4.66. The van der Waals surface area contributed by atoms with E-state index < -0.39 is 27.7 Å². The van der Waals surface area contributed by atoms with Crippen LogP contribution in [-0.4, -0.2) is 21.2 Å². The van der Waals surface area contributed by atoms with Gasteiger partial charge >= 0.3 is 0 Å². The highest BCUT2D eigenvalue weighted by molar-refractivity contribution is 7.90. The van der Waals surface area contributed by atoms with Crippen LogP contribution in [0.1, 0.15) is 12.0 Å². The van der Waals surface area contributed by atoms with Crippen molar-refractivity contribution in [2.45, 2.75) is 17.2 Å². The molecular weight excluding hydrogens is 236 g/mol. The molecule has 0 aromatic heterocycles. The van der Waals surface area contributed by atoms with Gasteiger partial charge in [0.2, 0.25) is 0 Å². The molecule has 0 heterocycles. The van der Waals surface area contributed by atoms with Gasteiger partial charge in [-0.2, -0.15) is 0 Å². The Hall–Kier alpha value is -1.01. The molecular formula is C10H13F2NO2S. The maximum absolute atomic E-state index is 13.6. The van der Waals surface area contributed by atoms with E-state index in [4.69, 9.17) is 5.73 Å². The van der Waals surface area contributed by atoms with Crippen molar-refractivity contribution < 1.29 is 17.2 Å². The van der Waals surface area contributed by atoms with Crippen LogP contribution in [0.25, 0.3) is 0 Å². The predicted octanol–water partition coefficient (Wildman–Crippen LogP) is 1.53. The quantitative estimate of drug-likeness (QED) is 0.880. The zero-order chi connectivity index (χ0) is 12.4. The van der Waals surface area contributed by atoms with Crippen LogP contribution in [0.4, 0.5) is 8.78 Å². The molecule has 0 fully saturated rings. The number of rotatable bonds is 4. The number of hydrogen-bond donors (Lipinski definition) is 1. The molecule has 0 amide bonds. The van der Waals surface area contributed by atoms with Gasteiger partial charge in [0.15, 0.2) is 9.84 Å². The molecule has 0 saturated heterocycles. The third kappa shape index (κ3) is 2.76. The van der Waals surface area contributed by atoms with Gasteiger partial charge in [-0.1, -0.05) is 18.2 Å². The van der Waals surface area contributed by atoms with Gasteiger partial charge in [0.05, 0.1) is 4.90 Å². The second-order valence-corrected chi connectivity index (χ2v) is 5.50. The molecule has 0 atom stereocenters. The molecule has 90 valence electrons. The number of halogens is 2.